The molecule has 1 aromatic heterocycles. The Morgan fingerprint density at radius 2 is 2.14 bits per heavy atom. The molecule has 0 aliphatic heterocycles. The molecule has 0 bridgehead atoms. The zero-order valence-electron chi connectivity index (χ0n) is 8.11. The van der Waals surface area contributed by atoms with Crippen LogP contribution >= 0.6 is 11.3 Å². The van der Waals surface area contributed by atoms with Gasteiger partial charge in [-0.3, -0.25) is 4.79 Å². The monoisotopic (exact) mass is 209 g/mol. The van der Waals surface area contributed by atoms with Crippen LogP contribution in [0.15, 0.2) is 17.5 Å². The largest absolute Gasteiger partial charge is 0.323 e. The quantitative estimate of drug-likeness (QED) is 0.813. The molecular weight excluding hydrogens is 194 g/mol. The zero-order valence-corrected chi connectivity index (χ0v) is 8.93. The Kier molecular flexibility index (Phi) is 2.99. The molecule has 1 fully saturated rings. The van der Waals surface area contributed by atoms with Gasteiger partial charge in [0.05, 0.1) is 0 Å². The third kappa shape index (κ3) is 2.04. The number of thiophene rings is 1. The third-order valence-electron chi connectivity index (χ3n) is 2.97. The van der Waals surface area contributed by atoms with E-state index in [0.717, 1.165) is 25.7 Å². The number of ketones is 1. The van der Waals surface area contributed by atoms with Crippen LogP contribution < -0.4 is 5.73 Å². The second-order valence-electron chi connectivity index (χ2n) is 3.92. The van der Waals surface area contributed by atoms with Gasteiger partial charge in [0, 0.05) is 23.8 Å². The van der Waals surface area contributed by atoms with Gasteiger partial charge >= 0.3 is 0 Å². The number of hydrogen-bond donors (Lipinski definition) is 1. The van der Waals surface area contributed by atoms with E-state index in [-0.39, 0.29) is 6.04 Å². The summed E-state index contributed by atoms with van der Waals surface area (Å²) in [6.07, 6.45) is 3.39. The molecule has 1 aliphatic carbocycles. The summed E-state index contributed by atoms with van der Waals surface area (Å²) in [5.41, 5.74) is 6.16. The van der Waals surface area contributed by atoms with Crippen molar-refractivity contribution in [1.82, 2.24) is 0 Å². The predicted molar refractivity (Wildman–Crippen MR) is 58.2 cm³/mol. The fourth-order valence-electron chi connectivity index (χ4n) is 2.03. The van der Waals surface area contributed by atoms with Gasteiger partial charge in [0.25, 0.3) is 0 Å². The van der Waals surface area contributed by atoms with Gasteiger partial charge in [0.2, 0.25) is 0 Å². The minimum atomic E-state index is 0.142. The molecule has 0 radical (unpaired) electrons. The Hall–Kier alpha value is -0.670. The molecule has 1 aromatic rings. The number of carbonyl (C=O) groups excluding carboxylic acids is 1. The van der Waals surface area contributed by atoms with Crippen molar-refractivity contribution in [3.05, 3.63) is 22.4 Å². The van der Waals surface area contributed by atoms with Crippen LogP contribution in [0, 0.1) is 5.92 Å². The van der Waals surface area contributed by atoms with Crippen molar-refractivity contribution >= 4 is 17.1 Å². The van der Waals surface area contributed by atoms with Crippen molar-refractivity contribution in [2.75, 3.05) is 0 Å². The topological polar surface area (TPSA) is 43.1 Å². The van der Waals surface area contributed by atoms with Crippen molar-refractivity contribution < 1.29 is 4.79 Å². The van der Waals surface area contributed by atoms with Gasteiger partial charge in [0.15, 0.2) is 0 Å². The lowest BCUT2D eigenvalue weighted by molar-refractivity contribution is -0.121. The van der Waals surface area contributed by atoms with Gasteiger partial charge in [-0.05, 0) is 30.2 Å². The van der Waals surface area contributed by atoms with Crippen molar-refractivity contribution in [1.29, 1.82) is 0 Å². The number of carbonyl (C=O) groups is 1. The van der Waals surface area contributed by atoms with Crippen LogP contribution in [0.1, 0.15) is 36.6 Å². The second kappa shape index (κ2) is 4.24. The summed E-state index contributed by atoms with van der Waals surface area (Å²) in [4.78, 5) is 12.3. The smallest absolute Gasteiger partial charge is 0.132 e. The lowest BCUT2D eigenvalue weighted by Gasteiger charge is -2.26. The number of nitrogens with two attached hydrogens (primary N) is 1. The SMILES string of the molecule is NC(c1cccs1)C1CCC(=O)CC1. The van der Waals surface area contributed by atoms with Gasteiger partial charge in [0.1, 0.15) is 5.78 Å². The summed E-state index contributed by atoms with van der Waals surface area (Å²) >= 11 is 1.72. The Bertz CT molecular complexity index is 297. The fraction of sp³-hybridized carbons (Fsp3) is 0.545. The van der Waals surface area contributed by atoms with E-state index < -0.39 is 0 Å². The van der Waals surface area contributed by atoms with Gasteiger partial charge < -0.3 is 5.73 Å². The Morgan fingerprint density at radius 3 is 2.71 bits per heavy atom. The summed E-state index contributed by atoms with van der Waals surface area (Å²) in [7, 11) is 0. The lowest BCUT2D eigenvalue weighted by Crippen LogP contribution is -2.25. The molecule has 0 saturated heterocycles. The minimum Gasteiger partial charge on any atom is -0.323 e. The predicted octanol–water partition coefficient (Wildman–Crippen LogP) is 2.51. The molecule has 2 nitrogen and oxygen atoms in total. The van der Waals surface area contributed by atoms with Crippen molar-refractivity contribution in [3.8, 4) is 0 Å². The van der Waals surface area contributed by atoms with Gasteiger partial charge in [-0.2, -0.15) is 0 Å². The molecule has 1 heterocycles. The molecule has 3 heteroatoms. The fourth-order valence-corrected chi connectivity index (χ4v) is 2.86. The maximum Gasteiger partial charge on any atom is 0.132 e. The first-order valence-electron chi connectivity index (χ1n) is 5.08. The molecule has 0 amide bonds. The summed E-state index contributed by atoms with van der Waals surface area (Å²) in [6.45, 7) is 0. The highest BCUT2D eigenvalue weighted by Crippen LogP contribution is 2.33. The van der Waals surface area contributed by atoms with Crippen LogP contribution in [0.3, 0.4) is 0 Å². The highest BCUT2D eigenvalue weighted by molar-refractivity contribution is 7.10. The normalized spacial score (nSPS) is 21.1. The highest BCUT2D eigenvalue weighted by Gasteiger charge is 2.25. The molecule has 1 saturated carbocycles. The van der Waals surface area contributed by atoms with Crippen molar-refractivity contribution in [3.63, 3.8) is 0 Å². The van der Waals surface area contributed by atoms with Crippen LogP contribution in [-0.2, 0) is 4.79 Å². The Labute approximate surface area is 88.1 Å². The molecule has 2 rings (SSSR count). The molecule has 2 N–H and O–H groups in total. The van der Waals surface area contributed by atoms with Crippen molar-refractivity contribution in [2.45, 2.75) is 31.7 Å². The first-order valence-corrected chi connectivity index (χ1v) is 5.96. The molecule has 0 aromatic carbocycles. The number of rotatable bonds is 2. The summed E-state index contributed by atoms with van der Waals surface area (Å²) < 4.78 is 0. The molecule has 1 aliphatic rings. The summed E-state index contributed by atoms with van der Waals surface area (Å²) in [5.74, 6) is 0.908. The minimum absolute atomic E-state index is 0.142. The highest BCUT2D eigenvalue weighted by atomic mass is 32.1. The van der Waals surface area contributed by atoms with E-state index in [0.29, 0.717) is 11.7 Å². The van der Waals surface area contributed by atoms with E-state index in [4.69, 9.17) is 5.73 Å². The van der Waals surface area contributed by atoms with E-state index in [1.807, 2.05) is 6.07 Å². The van der Waals surface area contributed by atoms with E-state index in [9.17, 15) is 4.79 Å². The van der Waals surface area contributed by atoms with E-state index in [2.05, 4.69) is 11.4 Å². The average molecular weight is 209 g/mol. The standard InChI is InChI=1S/C11H15NOS/c12-11(10-2-1-7-14-10)8-3-5-9(13)6-4-8/h1-2,7-8,11H,3-6,12H2. The average Bonchev–Trinajstić information content (AvgIpc) is 2.71. The van der Waals surface area contributed by atoms with E-state index in [1.165, 1.54) is 4.88 Å². The second-order valence-corrected chi connectivity index (χ2v) is 4.90. The van der Waals surface area contributed by atoms with Crippen LogP contribution in [-0.4, -0.2) is 5.78 Å². The number of Topliss-reactive ketones (excluding diaryl/α,β-unsaturated/α-hetero) is 1. The Morgan fingerprint density at radius 1 is 1.43 bits per heavy atom. The molecular formula is C11H15NOS. The van der Waals surface area contributed by atoms with Crippen LogP contribution in [0.4, 0.5) is 0 Å². The van der Waals surface area contributed by atoms with Crippen molar-refractivity contribution in [2.24, 2.45) is 11.7 Å². The van der Waals surface area contributed by atoms with Crippen LogP contribution in [0.2, 0.25) is 0 Å². The first kappa shape index (κ1) is 9.87. The van der Waals surface area contributed by atoms with E-state index in [1.54, 1.807) is 11.3 Å². The molecule has 76 valence electrons. The molecule has 1 unspecified atom stereocenters. The Balaban J connectivity index is 1.99. The lowest BCUT2D eigenvalue weighted by atomic mass is 9.83. The van der Waals surface area contributed by atoms with Gasteiger partial charge in [-0.15, -0.1) is 11.3 Å². The van der Waals surface area contributed by atoms with E-state index >= 15 is 0 Å². The van der Waals surface area contributed by atoms with Crippen LogP contribution in [0.25, 0.3) is 0 Å². The number of hydrogen-bond acceptors (Lipinski definition) is 3. The van der Waals surface area contributed by atoms with Gasteiger partial charge in [-0.1, -0.05) is 6.07 Å². The third-order valence-corrected chi connectivity index (χ3v) is 3.94. The summed E-state index contributed by atoms with van der Waals surface area (Å²) in [5, 5.41) is 2.06. The zero-order chi connectivity index (χ0) is 9.97. The summed E-state index contributed by atoms with van der Waals surface area (Å²) in [6, 6.07) is 4.27. The first-order chi connectivity index (χ1) is 6.77. The van der Waals surface area contributed by atoms with Gasteiger partial charge in [-0.25, -0.2) is 0 Å². The maximum atomic E-state index is 11.1. The van der Waals surface area contributed by atoms with Crippen LogP contribution in [0.5, 0.6) is 0 Å². The molecule has 0 spiro atoms. The maximum absolute atomic E-state index is 11.1. The molecule has 1 atom stereocenters. The molecule has 14 heavy (non-hydrogen) atoms.